The molecule has 29 heavy (non-hydrogen) atoms. The molecular weight excluding hydrogens is 380 g/mol. The maximum absolute atomic E-state index is 14.8. The van der Waals surface area contributed by atoms with Crippen LogP contribution < -0.4 is 0 Å². The summed E-state index contributed by atoms with van der Waals surface area (Å²) in [4.78, 5) is 0. The van der Waals surface area contributed by atoms with Gasteiger partial charge in [-0.1, -0.05) is 24.3 Å². The Kier molecular flexibility index (Phi) is 4.52. The number of aryl methyl sites for hydroxylation is 1. The number of H-pyrrole nitrogens is 1. The van der Waals surface area contributed by atoms with E-state index in [0.717, 1.165) is 0 Å². The van der Waals surface area contributed by atoms with E-state index in [9.17, 15) is 19.1 Å². The van der Waals surface area contributed by atoms with Gasteiger partial charge in [0.05, 0.1) is 36.0 Å². The third-order valence-electron chi connectivity index (χ3n) is 4.81. The molecule has 0 aliphatic rings. The van der Waals surface area contributed by atoms with E-state index in [0.29, 0.717) is 33.3 Å². The Labute approximate surface area is 163 Å². The SMILES string of the molecule is Cc1nn(Cc2c(C#N)cccc2CO)c2cc(C(F)(F)c3nnn[nH]3)ccc12. The number of tetrazole rings is 1. The molecule has 4 rings (SSSR count). The topological polar surface area (TPSA) is 116 Å². The minimum Gasteiger partial charge on any atom is -0.392 e. The fourth-order valence-electron chi connectivity index (χ4n) is 3.31. The van der Waals surface area contributed by atoms with Gasteiger partial charge in [-0.15, -0.1) is 5.10 Å². The van der Waals surface area contributed by atoms with Gasteiger partial charge in [0.15, 0.2) is 0 Å². The molecule has 0 unspecified atom stereocenters. The standard InChI is InChI=1S/C19H15F2N7O/c1-11-15-6-5-14(19(20,21)18-23-26-27-24-18)7-17(15)28(25-11)9-16-12(8-22)3-2-4-13(16)10-29/h2-7,29H,9-10H2,1H3,(H,23,24,26,27). The van der Waals surface area contributed by atoms with Gasteiger partial charge in [0, 0.05) is 10.9 Å². The lowest BCUT2D eigenvalue weighted by Crippen LogP contribution is -2.17. The van der Waals surface area contributed by atoms with Gasteiger partial charge in [-0.2, -0.15) is 19.1 Å². The van der Waals surface area contributed by atoms with E-state index >= 15 is 0 Å². The molecule has 8 nitrogen and oxygen atoms in total. The molecule has 0 aliphatic carbocycles. The quantitative estimate of drug-likeness (QED) is 0.536. The normalized spacial score (nSPS) is 11.7. The molecule has 0 fully saturated rings. The molecule has 2 N–H and O–H groups in total. The first-order valence-corrected chi connectivity index (χ1v) is 8.67. The van der Waals surface area contributed by atoms with E-state index in [1.54, 1.807) is 35.9 Å². The van der Waals surface area contributed by atoms with Crippen LogP contribution in [-0.4, -0.2) is 35.5 Å². The molecule has 2 aromatic heterocycles. The Morgan fingerprint density at radius 3 is 2.79 bits per heavy atom. The summed E-state index contributed by atoms with van der Waals surface area (Å²) in [7, 11) is 0. The first-order chi connectivity index (χ1) is 14.0. The van der Waals surface area contributed by atoms with Crippen molar-refractivity contribution in [3.63, 3.8) is 0 Å². The van der Waals surface area contributed by atoms with Crippen LogP contribution in [0.3, 0.4) is 0 Å². The molecule has 4 aromatic rings. The summed E-state index contributed by atoms with van der Waals surface area (Å²) in [5.74, 6) is -4.07. The number of nitrogens with zero attached hydrogens (tertiary/aromatic N) is 6. The Balaban J connectivity index is 1.84. The molecule has 0 atom stereocenters. The summed E-state index contributed by atoms with van der Waals surface area (Å²) >= 11 is 0. The largest absolute Gasteiger partial charge is 0.392 e. The van der Waals surface area contributed by atoms with E-state index in [1.807, 2.05) is 0 Å². The van der Waals surface area contributed by atoms with Crippen LogP contribution in [0.25, 0.3) is 10.9 Å². The summed E-state index contributed by atoms with van der Waals surface area (Å²) in [6, 6.07) is 11.4. The molecule has 0 spiro atoms. The van der Waals surface area contributed by atoms with Crippen LogP contribution in [0.2, 0.25) is 0 Å². The van der Waals surface area contributed by atoms with Gasteiger partial charge in [0.1, 0.15) is 0 Å². The lowest BCUT2D eigenvalue weighted by atomic mass is 10.0. The number of aromatic nitrogens is 6. The number of aromatic amines is 1. The predicted octanol–water partition coefficient (Wildman–Crippen LogP) is 2.41. The van der Waals surface area contributed by atoms with Crippen LogP contribution in [-0.2, 0) is 19.1 Å². The van der Waals surface area contributed by atoms with E-state index in [1.165, 1.54) is 12.1 Å². The van der Waals surface area contributed by atoms with Crippen molar-refractivity contribution in [2.24, 2.45) is 0 Å². The summed E-state index contributed by atoms with van der Waals surface area (Å²) in [6.07, 6.45) is 0. The molecule has 0 saturated heterocycles. The Morgan fingerprint density at radius 1 is 1.28 bits per heavy atom. The van der Waals surface area contributed by atoms with Crippen molar-refractivity contribution in [1.29, 1.82) is 5.26 Å². The Hall–Kier alpha value is -3.71. The monoisotopic (exact) mass is 395 g/mol. The van der Waals surface area contributed by atoms with Gasteiger partial charge in [-0.3, -0.25) is 4.68 Å². The van der Waals surface area contributed by atoms with Crippen molar-refractivity contribution in [2.75, 3.05) is 0 Å². The fourth-order valence-corrected chi connectivity index (χ4v) is 3.31. The fraction of sp³-hybridized carbons (Fsp3) is 0.211. The number of hydrogen-bond acceptors (Lipinski definition) is 6. The lowest BCUT2D eigenvalue weighted by Gasteiger charge is -2.14. The number of nitrogens with one attached hydrogen (secondary N) is 1. The van der Waals surface area contributed by atoms with E-state index in [-0.39, 0.29) is 18.7 Å². The zero-order chi connectivity index (χ0) is 20.6. The van der Waals surface area contributed by atoms with E-state index in [4.69, 9.17) is 0 Å². The first kappa shape index (κ1) is 18.6. The highest BCUT2D eigenvalue weighted by atomic mass is 19.3. The Bertz CT molecular complexity index is 1230. The van der Waals surface area contributed by atoms with Crippen LogP contribution in [0.1, 0.15) is 33.8 Å². The van der Waals surface area contributed by atoms with Crippen LogP contribution in [0.15, 0.2) is 36.4 Å². The number of rotatable bonds is 5. The van der Waals surface area contributed by atoms with Crippen LogP contribution in [0.5, 0.6) is 0 Å². The average molecular weight is 395 g/mol. The second-order valence-corrected chi connectivity index (χ2v) is 6.51. The number of benzene rings is 2. The highest BCUT2D eigenvalue weighted by Crippen LogP contribution is 2.35. The number of alkyl halides is 2. The molecule has 2 heterocycles. The number of hydrogen-bond donors (Lipinski definition) is 2. The van der Waals surface area contributed by atoms with Gasteiger partial charge in [0.25, 0.3) is 0 Å². The summed E-state index contributed by atoms with van der Waals surface area (Å²) in [6.45, 7) is 1.69. The van der Waals surface area contributed by atoms with E-state index in [2.05, 4.69) is 31.8 Å². The predicted molar refractivity (Wildman–Crippen MR) is 97.8 cm³/mol. The second-order valence-electron chi connectivity index (χ2n) is 6.51. The maximum Gasteiger partial charge on any atom is 0.333 e. The molecule has 2 aromatic carbocycles. The summed E-state index contributed by atoms with van der Waals surface area (Å²) in [5, 5.41) is 36.1. The molecular formula is C19H15F2N7O. The minimum atomic E-state index is -3.42. The molecule has 0 saturated carbocycles. The number of fused-ring (bicyclic) bond motifs is 1. The number of nitriles is 1. The molecule has 0 amide bonds. The van der Waals surface area contributed by atoms with E-state index < -0.39 is 11.7 Å². The molecule has 0 aliphatic heterocycles. The summed E-state index contributed by atoms with van der Waals surface area (Å²) < 4.78 is 31.1. The second kappa shape index (κ2) is 7.03. The lowest BCUT2D eigenvalue weighted by molar-refractivity contribution is 0.0330. The van der Waals surface area contributed by atoms with Crippen LogP contribution >= 0.6 is 0 Å². The van der Waals surface area contributed by atoms with Crippen LogP contribution in [0.4, 0.5) is 8.78 Å². The highest BCUT2D eigenvalue weighted by Gasteiger charge is 2.38. The zero-order valence-electron chi connectivity index (χ0n) is 15.3. The third kappa shape index (κ3) is 3.11. The maximum atomic E-state index is 14.8. The van der Waals surface area contributed by atoms with Crippen molar-refractivity contribution in [3.05, 3.63) is 70.2 Å². The first-order valence-electron chi connectivity index (χ1n) is 8.67. The van der Waals surface area contributed by atoms with Crippen molar-refractivity contribution < 1.29 is 13.9 Å². The Morgan fingerprint density at radius 2 is 2.10 bits per heavy atom. The van der Waals surface area contributed by atoms with Crippen LogP contribution in [0, 0.1) is 18.3 Å². The van der Waals surface area contributed by atoms with Crippen molar-refractivity contribution >= 4 is 10.9 Å². The van der Waals surface area contributed by atoms with Crippen molar-refractivity contribution in [3.8, 4) is 6.07 Å². The number of aliphatic hydroxyl groups is 1. The molecule has 10 heteroatoms. The third-order valence-corrected chi connectivity index (χ3v) is 4.81. The van der Waals surface area contributed by atoms with Gasteiger partial charge < -0.3 is 5.11 Å². The average Bonchev–Trinajstić information content (AvgIpc) is 3.37. The summed E-state index contributed by atoms with van der Waals surface area (Å²) in [5.41, 5.74) is 2.42. The molecule has 146 valence electrons. The molecule has 0 bridgehead atoms. The number of aliphatic hydroxyl groups excluding tert-OH is 1. The van der Waals surface area contributed by atoms with Gasteiger partial charge in [0.2, 0.25) is 5.82 Å². The minimum absolute atomic E-state index is 0.156. The van der Waals surface area contributed by atoms with Crippen molar-refractivity contribution in [1.82, 2.24) is 30.4 Å². The number of halogens is 2. The van der Waals surface area contributed by atoms with Gasteiger partial charge in [-0.25, -0.2) is 5.10 Å². The van der Waals surface area contributed by atoms with Gasteiger partial charge in [-0.05, 0) is 40.6 Å². The smallest absolute Gasteiger partial charge is 0.333 e. The highest BCUT2D eigenvalue weighted by molar-refractivity contribution is 5.83. The van der Waals surface area contributed by atoms with Gasteiger partial charge >= 0.3 is 5.92 Å². The molecule has 0 radical (unpaired) electrons. The zero-order valence-corrected chi connectivity index (χ0v) is 15.3. The van der Waals surface area contributed by atoms with Crippen molar-refractivity contribution in [2.45, 2.75) is 26.0 Å².